The van der Waals surface area contributed by atoms with Gasteiger partial charge in [0.15, 0.2) is 0 Å². The second-order valence-electron chi connectivity index (χ2n) is 5.24. The van der Waals surface area contributed by atoms with Gasteiger partial charge in [0.25, 0.3) is 0 Å². The Morgan fingerprint density at radius 1 is 1.10 bits per heavy atom. The van der Waals surface area contributed by atoms with Gasteiger partial charge < -0.3 is 5.32 Å². The van der Waals surface area contributed by atoms with Gasteiger partial charge in [0.05, 0.1) is 10.2 Å². The third-order valence-corrected chi connectivity index (χ3v) is 5.02. The number of rotatable bonds is 4. The summed E-state index contributed by atoms with van der Waals surface area (Å²) in [4.78, 5) is 4.52. The van der Waals surface area contributed by atoms with E-state index >= 15 is 0 Å². The molecule has 2 atom stereocenters. The first-order valence-electron chi connectivity index (χ1n) is 6.98. The minimum atomic E-state index is 0.262. The van der Waals surface area contributed by atoms with E-state index < -0.39 is 0 Å². The Kier molecular flexibility index (Phi) is 4.38. The van der Waals surface area contributed by atoms with Gasteiger partial charge in [-0.2, -0.15) is 0 Å². The van der Waals surface area contributed by atoms with Crippen LogP contribution >= 0.6 is 27.3 Å². The number of fused-ring (bicyclic) bond motifs is 1. The molecule has 3 rings (SSSR count). The maximum absolute atomic E-state index is 4.52. The number of hydrogen-bond donors (Lipinski definition) is 1. The summed E-state index contributed by atoms with van der Waals surface area (Å²) >= 11 is 5.27. The van der Waals surface area contributed by atoms with Crippen molar-refractivity contribution in [3.05, 3.63) is 63.6 Å². The van der Waals surface area contributed by atoms with Crippen LogP contribution in [0.1, 0.15) is 37.1 Å². The number of thiophene rings is 1. The average Bonchev–Trinajstić information content (AvgIpc) is 2.94. The fraction of sp³-hybridized carbons (Fsp3) is 0.235. The second-order valence-corrected chi connectivity index (χ2v) is 7.10. The molecule has 0 saturated carbocycles. The standard InChI is InChI=1S/C17H17BrN2S/c1-11(13-4-3-5-15(18)8-13)20-12(2)14-9-17-16(19-10-14)6-7-21-17/h3-12,20H,1-2H3. The first-order chi connectivity index (χ1) is 10.1. The average molecular weight is 361 g/mol. The highest BCUT2D eigenvalue weighted by molar-refractivity contribution is 9.10. The van der Waals surface area contributed by atoms with Crippen molar-refractivity contribution in [2.75, 3.05) is 0 Å². The SMILES string of the molecule is CC(NC(C)c1cnc2ccsc2c1)c1cccc(Br)c1. The Morgan fingerprint density at radius 2 is 1.90 bits per heavy atom. The van der Waals surface area contributed by atoms with Crippen molar-refractivity contribution >= 4 is 37.5 Å². The lowest BCUT2D eigenvalue weighted by Gasteiger charge is -2.21. The molecule has 4 heteroatoms. The van der Waals surface area contributed by atoms with E-state index in [4.69, 9.17) is 0 Å². The van der Waals surface area contributed by atoms with Crippen LogP contribution in [0.4, 0.5) is 0 Å². The Labute approximate surface area is 137 Å². The quantitative estimate of drug-likeness (QED) is 0.666. The maximum atomic E-state index is 4.52. The molecule has 0 aliphatic rings. The van der Waals surface area contributed by atoms with E-state index in [1.807, 2.05) is 12.3 Å². The minimum Gasteiger partial charge on any atom is -0.304 e. The topological polar surface area (TPSA) is 24.9 Å². The summed E-state index contributed by atoms with van der Waals surface area (Å²) in [5.74, 6) is 0. The molecule has 0 bridgehead atoms. The van der Waals surface area contributed by atoms with Gasteiger partial charge in [-0.25, -0.2) is 0 Å². The number of nitrogens with zero attached hydrogens (tertiary/aromatic N) is 1. The highest BCUT2D eigenvalue weighted by Gasteiger charge is 2.12. The first kappa shape index (κ1) is 14.7. The van der Waals surface area contributed by atoms with Gasteiger partial charge in [-0.05, 0) is 54.6 Å². The molecule has 3 aromatic rings. The molecule has 108 valence electrons. The monoisotopic (exact) mass is 360 g/mol. The van der Waals surface area contributed by atoms with Crippen molar-refractivity contribution in [1.29, 1.82) is 0 Å². The molecule has 1 N–H and O–H groups in total. The van der Waals surface area contributed by atoms with E-state index in [2.05, 4.69) is 75.8 Å². The van der Waals surface area contributed by atoms with Crippen molar-refractivity contribution in [3.8, 4) is 0 Å². The molecule has 2 unspecified atom stereocenters. The Bertz CT molecular complexity index is 753. The van der Waals surface area contributed by atoms with Crippen LogP contribution in [0.3, 0.4) is 0 Å². The van der Waals surface area contributed by atoms with Gasteiger partial charge in [-0.1, -0.05) is 28.1 Å². The molecule has 0 fully saturated rings. The fourth-order valence-electron chi connectivity index (χ4n) is 2.44. The number of hydrogen-bond acceptors (Lipinski definition) is 3. The van der Waals surface area contributed by atoms with Crippen LogP contribution in [0.25, 0.3) is 10.2 Å². The lowest BCUT2D eigenvalue weighted by Crippen LogP contribution is -2.22. The molecule has 0 spiro atoms. The first-order valence-corrected chi connectivity index (χ1v) is 8.65. The van der Waals surface area contributed by atoms with Gasteiger partial charge in [0, 0.05) is 22.8 Å². The van der Waals surface area contributed by atoms with Gasteiger partial charge in [0.1, 0.15) is 0 Å². The summed E-state index contributed by atoms with van der Waals surface area (Å²) in [6.07, 6.45) is 1.97. The van der Waals surface area contributed by atoms with Gasteiger partial charge >= 0.3 is 0 Å². The van der Waals surface area contributed by atoms with Crippen LogP contribution in [0, 0.1) is 0 Å². The van der Waals surface area contributed by atoms with Gasteiger partial charge in [-0.15, -0.1) is 11.3 Å². The molecule has 21 heavy (non-hydrogen) atoms. The van der Waals surface area contributed by atoms with E-state index in [0.29, 0.717) is 0 Å². The highest BCUT2D eigenvalue weighted by Crippen LogP contribution is 2.25. The molecular formula is C17H17BrN2S. The molecule has 2 nitrogen and oxygen atoms in total. The largest absolute Gasteiger partial charge is 0.304 e. The zero-order valence-electron chi connectivity index (χ0n) is 12.0. The van der Waals surface area contributed by atoms with Crippen LogP contribution in [0.5, 0.6) is 0 Å². The summed E-state index contributed by atoms with van der Waals surface area (Å²) in [6.45, 7) is 4.38. The van der Waals surface area contributed by atoms with Gasteiger partial charge in [-0.3, -0.25) is 4.98 Å². The molecule has 0 radical (unpaired) electrons. The second kappa shape index (κ2) is 6.26. The van der Waals surface area contributed by atoms with Crippen molar-refractivity contribution in [2.45, 2.75) is 25.9 Å². The van der Waals surface area contributed by atoms with Crippen molar-refractivity contribution in [3.63, 3.8) is 0 Å². The van der Waals surface area contributed by atoms with E-state index in [9.17, 15) is 0 Å². The Morgan fingerprint density at radius 3 is 2.71 bits per heavy atom. The zero-order valence-corrected chi connectivity index (χ0v) is 14.4. The zero-order chi connectivity index (χ0) is 14.8. The third kappa shape index (κ3) is 3.34. The lowest BCUT2D eigenvalue weighted by molar-refractivity contribution is 0.494. The van der Waals surface area contributed by atoms with Crippen molar-refractivity contribution < 1.29 is 0 Å². The molecule has 0 saturated heterocycles. The normalized spacial score (nSPS) is 14.2. The molecule has 0 aliphatic heterocycles. The predicted molar refractivity (Wildman–Crippen MR) is 93.7 cm³/mol. The summed E-state index contributed by atoms with van der Waals surface area (Å²) in [5, 5.41) is 5.73. The molecule has 1 aromatic carbocycles. The number of pyridine rings is 1. The van der Waals surface area contributed by atoms with E-state index in [0.717, 1.165) is 9.99 Å². The maximum Gasteiger partial charge on any atom is 0.0809 e. The molecular weight excluding hydrogens is 344 g/mol. The van der Waals surface area contributed by atoms with E-state index in [1.165, 1.54) is 15.8 Å². The molecule has 0 amide bonds. The predicted octanol–water partition coefficient (Wildman–Crippen LogP) is 5.47. The number of nitrogens with one attached hydrogen (secondary N) is 1. The van der Waals surface area contributed by atoms with Gasteiger partial charge in [0.2, 0.25) is 0 Å². The molecule has 2 heterocycles. The lowest BCUT2D eigenvalue weighted by atomic mass is 10.1. The Hall–Kier alpha value is -1.23. The third-order valence-electron chi connectivity index (χ3n) is 3.67. The van der Waals surface area contributed by atoms with Crippen molar-refractivity contribution in [1.82, 2.24) is 10.3 Å². The summed E-state index contributed by atoms with van der Waals surface area (Å²) in [5.41, 5.74) is 3.59. The van der Waals surface area contributed by atoms with Crippen LogP contribution in [0.2, 0.25) is 0 Å². The van der Waals surface area contributed by atoms with E-state index in [1.54, 1.807) is 11.3 Å². The summed E-state index contributed by atoms with van der Waals surface area (Å²) < 4.78 is 2.36. The fourth-order valence-corrected chi connectivity index (χ4v) is 3.65. The molecule has 0 aliphatic carbocycles. The number of halogens is 1. The van der Waals surface area contributed by atoms with E-state index in [-0.39, 0.29) is 12.1 Å². The van der Waals surface area contributed by atoms with Crippen LogP contribution in [-0.4, -0.2) is 4.98 Å². The Balaban J connectivity index is 1.77. The number of aromatic nitrogens is 1. The summed E-state index contributed by atoms with van der Waals surface area (Å²) in [6, 6.07) is 13.3. The van der Waals surface area contributed by atoms with Crippen LogP contribution in [-0.2, 0) is 0 Å². The van der Waals surface area contributed by atoms with Crippen LogP contribution in [0.15, 0.2) is 52.4 Å². The van der Waals surface area contributed by atoms with Crippen molar-refractivity contribution in [2.24, 2.45) is 0 Å². The molecule has 2 aromatic heterocycles. The number of benzene rings is 1. The summed E-state index contributed by atoms with van der Waals surface area (Å²) in [7, 11) is 0. The smallest absolute Gasteiger partial charge is 0.0809 e. The minimum absolute atomic E-state index is 0.262. The van der Waals surface area contributed by atoms with Crippen LogP contribution < -0.4 is 5.32 Å². The highest BCUT2D eigenvalue weighted by atomic mass is 79.9.